The Bertz CT molecular complexity index is 970. The summed E-state index contributed by atoms with van der Waals surface area (Å²) in [4.78, 5) is 39.0. The number of amides is 1. The van der Waals surface area contributed by atoms with E-state index in [4.69, 9.17) is 0 Å². The number of Topliss-reactive ketones (excluding diaryl/α,β-unsaturated/α-hetero) is 2. The van der Waals surface area contributed by atoms with Crippen molar-refractivity contribution in [2.75, 3.05) is 19.6 Å². The number of allylic oxidation sites excluding steroid dienone is 2. The van der Waals surface area contributed by atoms with Gasteiger partial charge in [0.1, 0.15) is 5.78 Å². The van der Waals surface area contributed by atoms with E-state index in [9.17, 15) is 23.2 Å². The Morgan fingerprint density at radius 3 is 2.67 bits per heavy atom. The van der Waals surface area contributed by atoms with Crippen LogP contribution in [0.5, 0.6) is 0 Å². The Balaban J connectivity index is 0.000000196. The van der Waals surface area contributed by atoms with Crippen molar-refractivity contribution in [3.05, 3.63) is 59.2 Å². The third-order valence-corrected chi connectivity index (χ3v) is 6.39. The average molecular weight is 459 g/mol. The molecule has 33 heavy (non-hydrogen) atoms. The fourth-order valence-corrected chi connectivity index (χ4v) is 4.74. The van der Waals surface area contributed by atoms with Crippen LogP contribution < -0.4 is 0 Å². The van der Waals surface area contributed by atoms with Gasteiger partial charge in [0.2, 0.25) is 0 Å². The van der Waals surface area contributed by atoms with Gasteiger partial charge in [-0.1, -0.05) is 36.4 Å². The minimum Gasteiger partial charge on any atom is -0.324 e. The quantitative estimate of drug-likeness (QED) is 0.493. The molecule has 4 rings (SSSR count). The summed E-state index contributed by atoms with van der Waals surface area (Å²) in [5, 5.41) is 0. The maximum Gasteiger partial charge on any atom is 0.260 e. The number of fused-ring (bicyclic) bond motifs is 1. The number of likely N-dealkylation sites (tertiary alicyclic amines) is 1. The summed E-state index contributed by atoms with van der Waals surface area (Å²) in [6.45, 7) is 9.28. The van der Waals surface area contributed by atoms with Gasteiger partial charge in [0, 0.05) is 31.5 Å². The first-order valence-corrected chi connectivity index (χ1v) is 11.4. The van der Waals surface area contributed by atoms with Crippen LogP contribution in [-0.4, -0.2) is 58.9 Å². The number of carbonyl (C=O) groups excluding carboxylic acids is 3. The Hall–Kier alpha value is -2.67. The second-order valence-corrected chi connectivity index (χ2v) is 9.19. The van der Waals surface area contributed by atoms with Crippen molar-refractivity contribution in [1.82, 2.24) is 9.80 Å². The SMILES string of the molecule is C=C/C=C(\C)CN1CCCC(F)(F)C1.Cc1cccc2c1CN(C1CCC(=O)CC1=O)C2=O. The third-order valence-electron chi connectivity index (χ3n) is 6.39. The highest BCUT2D eigenvalue weighted by molar-refractivity contribution is 6.07. The molecule has 178 valence electrons. The summed E-state index contributed by atoms with van der Waals surface area (Å²) in [5.41, 5.74) is 3.87. The van der Waals surface area contributed by atoms with E-state index in [1.54, 1.807) is 15.9 Å². The van der Waals surface area contributed by atoms with E-state index >= 15 is 0 Å². The molecule has 2 aliphatic heterocycles. The van der Waals surface area contributed by atoms with Gasteiger partial charge in [0.25, 0.3) is 11.8 Å². The molecule has 1 saturated carbocycles. The Morgan fingerprint density at radius 1 is 1.27 bits per heavy atom. The molecule has 7 heteroatoms. The summed E-state index contributed by atoms with van der Waals surface area (Å²) < 4.78 is 26.0. The molecule has 1 aromatic rings. The van der Waals surface area contributed by atoms with Crippen LogP contribution in [0.3, 0.4) is 0 Å². The van der Waals surface area contributed by atoms with Gasteiger partial charge in [0.15, 0.2) is 5.78 Å². The van der Waals surface area contributed by atoms with Crippen LogP contribution in [-0.2, 0) is 16.1 Å². The topological polar surface area (TPSA) is 57.7 Å². The number of rotatable bonds is 4. The Kier molecular flexibility index (Phi) is 7.95. The van der Waals surface area contributed by atoms with Crippen LogP contribution in [0.1, 0.15) is 60.5 Å². The van der Waals surface area contributed by atoms with Crippen molar-refractivity contribution >= 4 is 17.5 Å². The maximum absolute atomic E-state index is 13.0. The largest absolute Gasteiger partial charge is 0.324 e. The van der Waals surface area contributed by atoms with E-state index in [0.29, 0.717) is 37.9 Å². The van der Waals surface area contributed by atoms with Crippen LogP contribution in [0.4, 0.5) is 8.78 Å². The predicted molar refractivity (Wildman–Crippen MR) is 123 cm³/mol. The van der Waals surface area contributed by atoms with E-state index in [1.807, 2.05) is 38.1 Å². The van der Waals surface area contributed by atoms with Crippen molar-refractivity contribution < 1.29 is 23.2 Å². The van der Waals surface area contributed by atoms with Crippen LogP contribution in [0.2, 0.25) is 0 Å². The van der Waals surface area contributed by atoms with Gasteiger partial charge in [-0.15, -0.1) is 0 Å². The van der Waals surface area contributed by atoms with Gasteiger partial charge < -0.3 is 4.90 Å². The van der Waals surface area contributed by atoms with Crippen molar-refractivity contribution in [1.29, 1.82) is 0 Å². The number of ketones is 2. The van der Waals surface area contributed by atoms with Crippen molar-refractivity contribution in [2.24, 2.45) is 0 Å². The number of alkyl halides is 2. The molecule has 2 heterocycles. The number of aryl methyl sites for hydroxylation is 1. The zero-order valence-corrected chi connectivity index (χ0v) is 19.4. The molecule has 1 saturated heterocycles. The Morgan fingerprint density at radius 2 is 2.03 bits per heavy atom. The lowest BCUT2D eigenvalue weighted by Crippen LogP contribution is -2.44. The highest BCUT2D eigenvalue weighted by Gasteiger charge is 2.39. The summed E-state index contributed by atoms with van der Waals surface area (Å²) in [5.74, 6) is -2.70. The standard InChI is InChI=1S/C15H15NO3.C11H17F2N/c1-9-3-2-4-11-12(9)8-16(15(11)19)13-6-5-10(17)7-14(13)18;1-3-5-10(2)8-14-7-4-6-11(12,13)9-14/h2-4,13H,5-8H2,1H3;3,5H,1,4,6-9H2,2H3/b;10-5+. The van der Waals surface area contributed by atoms with E-state index in [2.05, 4.69) is 6.58 Å². The first-order valence-electron chi connectivity index (χ1n) is 11.4. The highest BCUT2D eigenvalue weighted by atomic mass is 19.3. The van der Waals surface area contributed by atoms with Gasteiger partial charge in [-0.2, -0.15) is 0 Å². The summed E-state index contributed by atoms with van der Waals surface area (Å²) >= 11 is 0. The number of nitrogens with zero attached hydrogens (tertiary/aromatic N) is 2. The minimum atomic E-state index is -2.49. The second kappa shape index (κ2) is 10.5. The highest BCUT2D eigenvalue weighted by Crippen LogP contribution is 2.30. The third kappa shape index (κ3) is 6.22. The number of hydrogen-bond donors (Lipinski definition) is 0. The number of piperidine rings is 1. The van der Waals surface area contributed by atoms with E-state index in [0.717, 1.165) is 23.2 Å². The van der Waals surface area contributed by atoms with Gasteiger partial charge in [0.05, 0.1) is 19.0 Å². The van der Waals surface area contributed by atoms with E-state index < -0.39 is 12.0 Å². The fourth-order valence-electron chi connectivity index (χ4n) is 4.74. The molecule has 2 fully saturated rings. The molecule has 1 amide bonds. The van der Waals surface area contributed by atoms with Crippen molar-refractivity contribution in [3.8, 4) is 0 Å². The minimum absolute atomic E-state index is 0.0124. The summed E-state index contributed by atoms with van der Waals surface area (Å²) in [6.07, 6.45) is 5.03. The molecule has 1 atom stereocenters. The maximum atomic E-state index is 13.0. The number of hydrogen-bond acceptors (Lipinski definition) is 4. The molecule has 5 nitrogen and oxygen atoms in total. The van der Waals surface area contributed by atoms with E-state index in [-0.39, 0.29) is 36.9 Å². The number of halogens is 2. The first-order chi connectivity index (χ1) is 15.6. The number of benzene rings is 1. The average Bonchev–Trinajstić information content (AvgIpc) is 3.06. The lowest BCUT2D eigenvalue weighted by molar-refractivity contribution is -0.133. The van der Waals surface area contributed by atoms with Crippen molar-refractivity contribution in [3.63, 3.8) is 0 Å². The fraction of sp³-hybridized carbons (Fsp3) is 0.500. The molecule has 3 aliphatic rings. The second-order valence-electron chi connectivity index (χ2n) is 9.19. The zero-order chi connectivity index (χ0) is 24.2. The first kappa shape index (κ1) is 25.0. The molecule has 0 N–H and O–H groups in total. The summed E-state index contributed by atoms with van der Waals surface area (Å²) in [7, 11) is 0. The predicted octanol–water partition coefficient (Wildman–Crippen LogP) is 4.49. The smallest absolute Gasteiger partial charge is 0.260 e. The zero-order valence-electron chi connectivity index (χ0n) is 19.4. The lowest BCUT2D eigenvalue weighted by atomic mass is 9.92. The van der Waals surface area contributed by atoms with Gasteiger partial charge >= 0.3 is 0 Å². The molecule has 1 aromatic carbocycles. The summed E-state index contributed by atoms with van der Waals surface area (Å²) in [6, 6.07) is 5.23. The van der Waals surface area contributed by atoms with Crippen LogP contribution >= 0.6 is 0 Å². The van der Waals surface area contributed by atoms with E-state index in [1.165, 1.54) is 0 Å². The Labute approximate surface area is 194 Å². The molecular weight excluding hydrogens is 426 g/mol. The van der Waals surface area contributed by atoms with Gasteiger partial charge in [-0.25, -0.2) is 8.78 Å². The van der Waals surface area contributed by atoms with Crippen LogP contribution in [0.15, 0.2) is 42.5 Å². The lowest BCUT2D eigenvalue weighted by Gasteiger charge is -2.32. The molecule has 0 aromatic heterocycles. The van der Waals surface area contributed by atoms with Crippen molar-refractivity contribution in [2.45, 2.75) is 64.5 Å². The molecule has 0 radical (unpaired) electrons. The monoisotopic (exact) mass is 458 g/mol. The van der Waals surface area contributed by atoms with Crippen LogP contribution in [0.25, 0.3) is 0 Å². The molecule has 1 unspecified atom stereocenters. The molecule has 0 spiro atoms. The van der Waals surface area contributed by atoms with Gasteiger partial charge in [-0.05, 0) is 50.4 Å². The molecule has 1 aliphatic carbocycles. The van der Waals surface area contributed by atoms with Crippen LogP contribution in [0, 0.1) is 6.92 Å². The molecule has 0 bridgehead atoms. The van der Waals surface area contributed by atoms with Gasteiger partial charge in [-0.3, -0.25) is 19.3 Å². The molecular formula is C26H32F2N2O3. The normalized spacial score (nSPS) is 23.2. The number of carbonyl (C=O) groups is 3.